The summed E-state index contributed by atoms with van der Waals surface area (Å²) in [5.41, 5.74) is 0. The molecule has 1 aromatic heterocycles. The van der Waals surface area contributed by atoms with Crippen molar-refractivity contribution >= 4 is 28.3 Å². The van der Waals surface area contributed by atoms with E-state index in [-0.39, 0.29) is 5.91 Å². The van der Waals surface area contributed by atoms with E-state index in [2.05, 4.69) is 15.5 Å². The normalized spacial score (nSPS) is 25.2. The summed E-state index contributed by atoms with van der Waals surface area (Å²) >= 11 is 1.42. The zero-order valence-corrected chi connectivity index (χ0v) is 13.7. The van der Waals surface area contributed by atoms with Crippen molar-refractivity contribution in [3.8, 4) is 0 Å². The lowest BCUT2D eigenvalue weighted by atomic mass is 9.82. The SMILES string of the molecule is O=C(O)C1CC=CCC1C(=O)Nc1nnc(C2CCCCC2)s1. The van der Waals surface area contributed by atoms with Gasteiger partial charge >= 0.3 is 5.97 Å². The number of aromatic nitrogens is 2. The summed E-state index contributed by atoms with van der Waals surface area (Å²) in [6.07, 6.45) is 10.6. The van der Waals surface area contributed by atoms with Crippen LogP contribution in [0, 0.1) is 11.8 Å². The fraction of sp³-hybridized carbons (Fsp3) is 0.625. The highest BCUT2D eigenvalue weighted by atomic mass is 32.1. The van der Waals surface area contributed by atoms with Crippen LogP contribution in [-0.4, -0.2) is 27.2 Å². The van der Waals surface area contributed by atoms with Gasteiger partial charge in [0.25, 0.3) is 0 Å². The quantitative estimate of drug-likeness (QED) is 0.824. The van der Waals surface area contributed by atoms with E-state index in [0.29, 0.717) is 23.9 Å². The van der Waals surface area contributed by atoms with Crippen LogP contribution in [0.2, 0.25) is 0 Å². The molecule has 124 valence electrons. The van der Waals surface area contributed by atoms with E-state index in [0.717, 1.165) is 17.8 Å². The van der Waals surface area contributed by atoms with Crippen LogP contribution < -0.4 is 5.32 Å². The standard InChI is InChI=1S/C16H21N3O3S/c20-13(11-8-4-5-9-12(11)15(21)22)17-16-19-18-14(23-16)10-6-2-1-3-7-10/h4-5,10-12H,1-3,6-9H2,(H,21,22)(H,17,19,20). The second-order valence-electron chi connectivity index (χ2n) is 6.26. The summed E-state index contributed by atoms with van der Waals surface area (Å²) in [4.78, 5) is 23.7. The van der Waals surface area contributed by atoms with Gasteiger partial charge in [-0.05, 0) is 25.7 Å². The van der Waals surface area contributed by atoms with Crippen molar-refractivity contribution < 1.29 is 14.7 Å². The van der Waals surface area contributed by atoms with Crippen molar-refractivity contribution in [3.63, 3.8) is 0 Å². The van der Waals surface area contributed by atoms with E-state index in [9.17, 15) is 14.7 Å². The number of carboxylic acid groups (broad SMARTS) is 1. The van der Waals surface area contributed by atoms with Gasteiger partial charge in [-0.1, -0.05) is 42.8 Å². The number of hydrogen-bond donors (Lipinski definition) is 2. The highest BCUT2D eigenvalue weighted by Gasteiger charge is 2.34. The first-order valence-electron chi connectivity index (χ1n) is 8.17. The molecule has 0 aromatic carbocycles. The van der Waals surface area contributed by atoms with Gasteiger partial charge in [0.1, 0.15) is 5.01 Å². The van der Waals surface area contributed by atoms with Gasteiger partial charge in [-0.15, -0.1) is 10.2 Å². The Kier molecular flexibility index (Phi) is 5.05. The number of allylic oxidation sites excluding steroid dienone is 2. The van der Waals surface area contributed by atoms with Gasteiger partial charge in [0.15, 0.2) is 0 Å². The second-order valence-corrected chi connectivity index (χ2v) is 7.27. The summed E-state index contributed by atoms with van der Waals surface area (Å²) in [6, 6.07) is 0. The summed E-state index contributed by atoms with van der Waals surface area (Å²) in [5.74, 6) is -1.94. The lowest BCUT2D eigenvalue weighted by Crippen LogP contribution is -2.34. The van der Waals surface area contributed by atoms with Crippen LogP contribution in [-0.2, 0) is 9.59 Å². The van der Waals surface area contributed by atoms with Crippen LogP contribution in [0.15, 0.2) is 12.2 Å². The van der Waals surface area contributed by atoms with Crippen molar-refractivity contribution in [2.24, 2.45) is 11.8 Å². The molecule has 1 saturated carbocycles. The van der Waals surface area contributed by atoms with Crippen molar-refractivity contribution in [1.82, 2.24) is 10.2 Å². The molecule has 2 aliphatic carbocycles. The topological polar surface area (TPSA) is 92.2 Å². The van der Waals surface area contributed by atoms with Crippen molar-refractivity contribution in [3.05, 3.63) is 17.2 Å². The number of rotatable bonds is 4. The number of anilines is 1. The Bertz CT molecular complexity index is 607. The molecule has 0 bridgehead atoms. The third kappa shape index (κ3) is 3.77. The van der Waals surface area contributed by atoms with Gasteiger partial charge in [-0.2, -0.15) is 0 Å². The van der Waals surface area contributed by atoms with E-state index in [1.807, 2.05) is 12.2 Å². The number of carbonyl (C=O) groups is 2. The van der Waals surface area contributed by atoms with Crippen molar-refractivity contribution in [2.75, 3.05) is 5.32 Å². The molecule has 1 fully saturated rings. The molecule has 3 rings (SSSR count). The van der Waals surface area contributed by atoms with Crippen LogP contribution >= 0.6 is 11.3 Å². The highest BCUT2D eigenvalue weighted by molar-refractivity contribution is 7.15. The number of carbonyl (C=O) groups excluding carboxylic acids is 1. The monoisotopic (exact) mass is 335 g/mol. The number of nitrogens with zero attached hydrogens (tertiary/aromatic N) is 2. The molecule has 7 heteroatoms. The van der Waals surface area contributed by atoms with Crippen LogP contribution in [0.3, 0.4) is 0 Å². The van der Waals surface area contributed by atoms with Gasteiger partial charge in [0.05, 0.1) is 11.8 Å². The molecule has 1 heterocycles. The first-order valence-corrected chi connectivity index (χ1v) is 8.99. The molecule has 0 radical (unpaired) electrons. The highest BCUT2D eigenvalue weighted by Crippen LogP contribution is 2.35. The average Bonchev–Trinajstić information content (AvgIpc) is 3.04. The molecular formula is C16H21N3O3S. The van der Waals surface area contributed by atoms with Gasteiger partial charge in [-0.25, -0.2) is 0 Å². The summed E-state index contributed by atoms with van der Waals surface area (Å²) in [7, 11) is 0. The third-order valence-corrected chi connectivity index (χ3v) is 5.71. The number of amides is 1. The fourth-order valence-electron chi connectivity index (χ4n) is 3.37. The summed E-state index contributed by atoms with van der Waals surface area (Å²) in [6.45, 7) is 0. The first kappa shape index (κ1) is 16.1. The molecular weight excluding hydrogens is 314 g/mol. The maximum absolute atomic E-state index is 12.4. The Hall–Kier alpha value is -1.76. The summed E-state index contributed by atoms with van der Waals surface area (Å²) in [5, 5.41) is 21.8. The third-order valence-electron chi connectivity index (χ3n) is 4.71. The summed E-state index contributed by atoms with van der Waals surface area (Å²) < 4.78 is 0. The fourth-order valence-corrected chi connectivity index (χ4v) is 4.29. The molecule has 2 N–H and O–H groups in total. The molecule has 1 aromatic rings. The number of nitrogens with one attached hydrogen (secondary N) is 1. The Labute approximate surface area is 139 Å². The van der Waals surface area contributed by atoms with E-state index >= 15 is 0 Å². The Morgan fingerprint density at radius 3 is 2.48 bits per heavy atom. The zero-order chi connectivity index (χ0) is 16.2. The Balaban J connectivity index is 1.64. The van der Waals surface area contributed by atoms with Crippen LogP contribution in [0.5, 0.6) is 0 Å². The predicted octanol–water partition coefficient (Wildman–Crippen LogP) is 3.19. The molecule has 6 nitrogen and oxygen atoms in total. The molecule has 2 atom stereocenters. The smallest absolute Gasteiger partial charge is 0.307 e. The number of carboxylic acids is 1. The lowest BCUT2D eigenvalue weighted by Gasteiger charge is -2.23. The molecule has 0 saturated heterocycles. The van der Waals surface area contributed by atoms with Crippen LogP contribution in [0.1, 0.15) is 55.9 Å². The van der Waals surface area contributed by atoms with Gasteiger partial charge < -0.3 is 10.4 Å². The van der Waals surface area contributed by atoms with E-state index < -0.39 is 17.8 Å². The molecule has 2 unspecified atom stereocenters. The van der Waals surface area contributed by atoms with Crippen LogP contribution in [0.4, 0.5) is 5.13 Å². The average molecular weight is 335 g/mol. The van der Waals surface area contributed by atoms with E-state index in [1.165, 1.54) is 30.6 Å². The van der Waals surface area contributed by atoms with Gasteiger partial charge in [0, 0.05) is 5.92 Å². The van der Waals surface area contributed by atoms with E-state index in [1.54, 1.807) is 0 Å². The van der Waals surface area contributed by atoms with Crippen LogP contribution in [0.25, 0.3) is 0 Å². The van der Waals surface area contributed by atoms with E-state index in [4.69, 9.17) is 0 Å². The lowest BCUT2D eigenvalue weighted by molar-refractivity contribution is -0.146. The molecule has 0 spiro atoms. The zero-order valence-electron chi connectivity index (χ0n) is 12.9. The molecule has 1 amide bonds. The number of hydrogen-bond acceptors (Lipinski definition) is 5. The maximum atomic E-state index is 12.4. The Morgan fingerprint density at radius 1 is 1.09 bits per heavy atom. The Morgan fingerprint density at radius 2 is 1.78 bits per heavy atom. The first-order chi connectivity index (χ1) is 11.1. The second kappa shape index (κ2) is 7.21. The minimum absolute atomic E-state index is 0.270. The minimum Gasteiger partial charge on any atom is -0.481 e. The molecule has 23 heavy (non-hydrogen) atoms. The van der Waals surface area contributed by atoms with Gasteiger partial charge in [0.2, 0.25) is 11.0 Å². The molecule has 2 aliphatic rings. The number of aliphatic carboxylic acids is 1. The van der Waals surface area contributed by atoms with Crippen molar-refractivity contribution in [1.29, 1.82) is 0 Å². The minimum atomic E-state index is -0.922. The molecule has 0 aliphatic heterocycles. The largest absolute Gasteiger partial charge is 0.481 e. The van der Waals surface area contributed by atoms with Crippen molar-refractivity contribution in [2.45, 2.75) is 50.9 Å². The predicted molar refractivity (Wildman–Crippen MR) is 87.4 cm³/mol. The van der Waals surface area contributed by atoms with Gasteiger partial charge in [-0.3, -0.25) is 9.59 Å². The maximum Gasteiger partial charge on any atom is 0.307 e.